The van der Waals surface area contributed by atoms with Gasteiger partial charge in [-0.15, -0.1) is 0 Å². The van der Waals surface area contributed by atoms with Gasteiger partial charge in [0.05, 0.1) is 7.11 Å². The van der Waals surface area contributed by atoms with E-state index in [4.69, 9.17) is 14.2 Å². The topological polar surface area (TPSA) is 63.2 Å². The van der Waals surface area contributed by atoms with Gasteiger partial charge in [0.1, 0.15) is 5.75 Å². The molecule has 0 bridgehead atoms. The van der Waals surface area contributed by atoms with E-state index in [9.17, 15) is 31.1 Å². The standard InChI is InChI=1S/C13H10F6O6/c1-21-9(20)5-22-6-2-3-7-8(4-6)24-11(23-7)25-10(12(14,15)16)13(17,18)19/h2-4,10-11H,5H2,1H3. The van der Waals surface area contributed by atoms with Gasteiger partial charge in [0.2, 0.25) is 0 Å². The second-order valence-corrected chi connectivity index (χ2v) is 4.60. The molecule has 140 valence electrons. The molecule has 0 saturated heterocycles. The summed E-state index contributed by atoms with van der Waals surface area (Å²) in [5.41, 5.74) is 0. The van der Waals surface area contributed by atoms with Crippen molar-refractivity contribution in [2.24, 2.45) is 0 Å². The number of esters is 1. The molecule has 25 heavy (non-hydrogen) atoms. The van der Waals surface area contributed by atoms with Crippen LogP contribution in [0.2, 0.25) is 0 Å². The van der Waals surface area contributed by atoms with Gasteiger partial charge in [-0.3, -0.25) is 4.74 Å². The largest absolute Gasteiger partial charge is 0.482 e. The number of alkyl halides is 6. The molecular formula is C13H10F6O6. The van der Waals surface area contributed by atoms with E-state index >= 15 is 0 Å². The van der Waals surface area contributed by atoms with E-state index < -0.39 is 37.5 Å². The minimum absolute atomic E-state index is 0.0524. The third kappa shape index (κ3) is 4.81. The summed E-state index contributed by atoms with van der Waals surface area (Å²) in [6.45, 7) is -2.71. The van der Waals surface area contributed by atoms with Crippen molar-refractivity contribution in [2.45, 2.75) is 24.9 Å². The van der Waals surface area contributed by atoms with Crippen LogP contribution in [0.5, 0.6) is 17.2 Å². The molecule has 0 amide bonds. The summed E-state index contributed by atoms with van der Waals surface area (Å²) < 4.78 is 97.4. The number of benzene rings is 1. The molecule has 0 fully saturated rings. The number of halogens is 6. The Kier molecular flexibility index (Phi) is 5.20. The van der Waals surface area contributed by atoms with Gasteiger partial charge in [-0.1, -0.05) is 0 Å². The second-order valence-electron chi connectivity index (χ2n) is 4.60. The zero-order chi connectivity index (χ0) is 18.8. The fourth-order valence-corrected chi connectivity index (χ4v) is 1.71. The van der Waals surface area contributed by atoms with Crippen molar-refractivity contribution in [3.05, 3.63) is 18.2 Å². The van der Waals surface area contributed by atoms with Crippen LogP contribution >= 0.6 is 0 Å². The Morgan fingerprint density at radius 2 is 1.72 bits per heavy atom. The third-order valence-corrected chi connectivity index (χ3v) is 2.79. The molecule has 1 aliphatic rings. The molecule has 0 spiro atoms. The number of hydrogen-bond donors (Lipinski definition) is 0. The molecule has 2 rings (SSSR count). The average molecular weight is 376 g/mol. The molecule has 12 heteroatoms. The van der Waals surface area contributed by atoms with Gasteiger partial charge < -0.3 is 18.9 Å². The number of carbonyl (C=O) groups excluding carboxylic acids is 1. The number of hydrogen-bond acceptors (Lipinski definition) is 6. The van der Waals surface area contributed by atoms with Crippen LogP contribution in [0.1, 0.15) is 0 Å². The van der Waals surface area contributed by atoms with E-state index in [0.29, 0.717) is 0 Å². The molecule has 1 aromatic rings. The fourth-order valence-electron chi connectivity index (χ4n) is 1.71. The molecule has 0 aromatic heterocycles. The summed E-state index contributed by atoms with van der Waals surface area (Å²) in [5.74, 6) is -1.01. The van der Waals surface area contributed by atoms with Crippen LogP contribution in [0.3, 0.4) is 0 Å². The van der Waals surface area contributed by atoms with Crippen LogP contribution in [0.25, 0.3) is 0 Å². The monoisotopic (exact) mass is 376 g/mol. The normalized spacial score (nSPS) is 16.9. The molecule has 6 nitrogen and oxygen atoms in total. The van der Waals surface area contributed by atoms with Gasteiger partial charge in [0, 0.05) is 6.07 Å². The maximum atomic E-state index is 12.5. The Balaban J connectivity index is 2.04. The van der Waals surface area contributed by atoms with Crippen LogP contribution in [0, 0.1) is 0 Å². The lowest BCUT2D eigenvalue weighted by molar-refractivity contribution is -0.364. The van der Waals surface area contributed by atoms with Crippen LogP contribution in [0.4, 0.5) is 26.3 Å². The van der Waals surface area contributed by atoms with E-state index in [0.717, 1.165) is 13.2 Å². The number of fused-ring (bicyclic) bond motifs is 1. The first-order chi connectivity index (χ1) is 11.5. The molecule has 0 N–H and O–H groups in total. The quantitative estimate of drug-likeness (QED) is 0.582. The molecule has 0 saturated carbocycles. The molecule has 0 radical (unpaired) electrons. The molecule has 1 heterocycles. The Bertz CT molecular complexity index is 614. The van der Waals surface area contributed by atoms with Crippen molar-refractivity contribution >= 4 is 5.97 Å². The van der Waals surface area contributed by atoms with Gasteiger partial charge in [-0.25, -0.2) is 4.79 Å². The number of carbonyl (C=O) groups is 1. The predicted octanol–water partition coefficient (Wildman–Crippen LogP) is 2.80. The highest BCUT2D eigenvalue weighted by Gasteiger charge is 2.59. The third-order valence-electron chi connectivity index (χ3n) is 2.79. The average Bonchev–Trinajstić information content (AvgIpc) is 2.89. The maximum absolute atomic E-state index is 12.5. The minimum atomic E-state index is -5.70. The minimum Gasteiger partial charge on any atom is -0.482 e. The van der Waals surface area contributed by atoms with Crippen molar-refractivity contribution < 1.29 is 54.8 Å². The summed E-state index contributed by atoms with van der Waals surface area (Å²) >= 11 is 0. The lowest BCUT2D eigenvalue weighted by atomic mass is 10.3. The van der Waals surface area contributed by atoms with Gasteiger partial charge in [0.15, 0.2) is 18.1 Å². The highest BCUT2D eigenvalue weighted by molar-refractivity contribution is 5.70. The summed E-state index contributed by atoms with van der Waals surface area (Å²) in [7, 11) is 1.13. The Morgan fingerprint density at radius 1 is 1.12 bits per heavy atom. The molecule has 1 atom stereocenters. The number of methoxy groups -OCH3 is 1. The Labute approximate surface area is 136 Å². The molecule has 1 aliphatic heterocycles. The van der Waals surface area contributed by atoms with E-state index in [1.54, 1.807) is 0 Å². The predicted molar refractivity (Wildman–Crippen MR) is 66.0 cm³/mol. The Morgan fingerprint density at radius 3 is 2.28 bits per heavy atom. The maximum Gasteiger partial charge on any atom is 0.423 e. The van der Waals surface area contributed by atoms with E-state index in [2.05, 4.69) is 9.47 Å². The molecular weight excluding hydrogens is 366 g/mol. The zero-order valence-electron chi connectivity index (χ0n) is 12.3. The summed E-state index contributed by atoms with van der Waals surface area (Å²) in [6, 6.07) is 3.54. The smallest absolute Gasteiger partial charge is 0.423 e. The molecule has 0 aliphatic carbocycles. The first-order valence-electron chi connectivity index (χ1n) is 6.46. The second kappa shape index (κ2) is 6.86. The van der Waals surface area contributed by atoms with Crippen molar-refractivity contribution in [2.75, 3.05) is 13.7 Å². The van der Waals surface area contributed by atoms with Crippen LogP contribution in [-0.4, -0.2) is 44.6 Å². The summed E-state index contributed by atoms with van der Waals surface area (Å²) in [4.78, 5) is 10.9. The van der Waals surface area contributed by atoms with E-state index in [1.165, 1.54) is 12.1 Å². The highest BCUT2D eigenvalue weighted by Crippen LogP contribution is 2.41. The lowest BCUT2D eigenvalue weighted by Crippen LogP contribution is -2.47. The van der Waals surface area contributed by atoms with Gasteiger partial charge >= 0.3 is 24.8 Å². The zero-order valence-corrected chi connectivity index (χ0v) is 12.3. The van der Waals surface area contributed by atoms with Gasteiger partial charge in [0.25, 0.3) is 6.10 Å². The fraction of sp³-hybridized carbons (Fsp3) is 0.462. The van der Waals surface area contributed by atoms with E-state index in [-0.39, 0.29) is 17.2 Å². The Hall–Kier alpha value is -2.37. The summed E-state index contributed by atoms with van der Waals surface area (Å²) in [5, 5.41) is 0. The van der Waals surface area contributed by atoms with Crippen molar-refractivity contribution in [1.29, 1.82) is 0 Å². The number of ether oxygens (including phenoxy) is 5. The van der Waals surface area contributed by atoms with Crippen LogP contribution in [0.15, 0.2) is 18.2 Å². The first-order valence-corrected chi connectivity index (χ1v) is 6.46. The van der Waals surface area contributed by atoms with Crippen molar-refractivity contribution in [3.8, 4) is 17.2 Å². The SMILES string of the molecule is COC(=O)COc1ccc2c(c1)OC(OC(C(F)(F)F)C(F)(F)F)O2. The van der Waals surface area contributed by atoms with Crippen molar-refractivity contribution in [3.63, 3.8) is 0 Å². The van der Waals surface area contributed by atoms with Crippen LogP contribution in [-0.2, 0) is 14.3 Å². The van der Waals surface area contributed by atoms with Gasteiger partial charge in [-0.2, -0.15) is 26.3 Å². The first kappa shape index (κ1) is 19.0. The van der Waals surface area contributed by atoms with Crippen LogP contribution < -0.4 is 14.2 Å². The highest BCUT2D eigenvalue weighted by atomic mass is 19.4. The lowest BCUT2D eigenvalue weighted by Gasteiger charge is -2.24. The molecule has 1 aromatic carbocycles. The molecule has 1 unspecified atom stereocenters. The summed E-state index contributed by atoms with van der Waals surface area (Å²) in [6.07, 6.45) is -15.5. The van der Waals surface area contributed by atoms with E-state index in [1.807, 2.05) is 0 Å². The van der Waals surface area contributed by atoms with Crippen molar-refractivity contribution in [1.82, 2.24) is 0 Å². The van der Waals surface area contributed by atoms with Gasteiger partial charge in [-0.05, 0) is 12.1 Å². The number of rotatable bonds is 5.